The molecule has 1 aromatic rings. The number of nitrogens with one attached hydrogen (secondary N) is 1. The lowest BCUT2D eigenvalue weighted by atomic mass is 10.0. The molecule has 1 aliphatic rings. The zero-order chi connectivity index (χ0) is 13.0. The van der Waals surface area contributed by atoms with Crippen LogP contribution in [0.1, 0.15) is 5.56 Å². The molecule has 2 unspecified atom stereocenters. The molecular formula is C12H16ClFN2S2. The van der Waals surface area contributed by atoms with Crippen molar-refractivity contribution in [1.29, 1.82) is 0 Å². The van der Waals surface area contributed by atoms with Gasteiger partial charge in [-0.2, -0.15) is 23.5 Å². The number of thioether (sulfide) groups is 2. The summed E-state index contributed by atoms with van der Waals surface area (Å²) in [5, 5.41) is 0.598. The molecule has 0 aromatic heterocycles. The Morgan fingerprint density at radius 3 is 3.00 bits per heavy atom. The molecule has 18 heavy (non-hydrogen) atoms. The summed E-state index contributed by atoms with van der Waals surface area (Å²) in [7, 11) is 0. The lowest BCUT2D eigenvalue weighted by Gasteiger charge is -2.29. The first kappa shape index (κ1) is 14.5. The predicted molar refractivity (Wildman–Crippen MR) is 79.8 cm³/mol. The summed E-state index contributed by atoms with van der Waals surface area (Å²) in [6.45, 7) is 0. The Labute approximate surface area is 120 Å². The van der Waals surface area contributed by atoms with Crippen LogP contribution in [0.5, 0.6) is 0 Å². The monoisotopic (exact) mass is 306 g/mol. The highest BCUT2D eigenvalue weighted by atomic mass is 35.5. The normalized spacial score (nSPS) is 21.8. The Hall–Kier alpha value is 0.0600. The molecular weight excluding hydrogens is 291 g/mol. The SMILES string of the molecule is NNC(Cc1cccc(Cl)c1F)C1CSCCS1. The van der Waals surface area contributed by atoms with Crippen LogP contribution in [-0.2, 0) is 6.42 Å². The molecule has 2 atom stereocenters. The summed E-state index contributed by atoms with van der Waals surface area (Å²) in [6.07, 6.45) is 0.571. The average molecular weight is 307 g/mol. The second-order valence-electron chi connectivity index (χ2n) is 4.17. The van der Waals surface area contributed by atoms with Crippen LogP contribution in [0.15, 0.2) is 18.2 Å². The van der Waals surface area contributed by atoms with E-state index < -0.39 is 0 Å². The van der Waals surface area contributed by atoms with Gasteiger partial charge in [0.1, 0.15) is 5.82 Å². The maximum Gasteiger partial charge on any atom is 0.145 e. The quantitative estimate of drug-likeness (QED) is 0.662. The van der Waals surface area contributed by atoms with Crippen LogP contribution >= 0.6 is 35.1 Å². The van der Waals surface area contributed by atoms with E-state index in [0.717, 1.165) is 11.5 Å². The van der Waals surface area contributed by atoms with Gasteiger partial charge in [0.2, 0.25) is 0 Å². The van der Waals surface area contributed by atoms with Crippen molar-refractivity contribution >= 4 is 35.1 Å². The molecule has 0 radical (unpaired) electrons. The Balaban J connectivity index is 2.07. The van der Waals surface area contributed by atoms with Crippen LogP contribution in [0.2, 0.25) is 5.02 Å². The van der Waals surface area contributed by atoms with Crippen molar-refractivity contribution in [3.8, 4) is 0 Å². The van der Waals surface area contributed by atoms with Gasteiger partial charge in [-0.05, 0) is 18.1 Å². The van der Waals surface area contributed by atoms with Gasteiger partial charge in [0.15, 0.2) is 0 Å². The molecule has 1 saturated heterocycles. The first-order valence-corrected chi connectivity index (χ1v) is 8.39. The zero-order valence-corrected chi connectivity index (χ0v) is 12.3. The first-order chi connectivity index (χ1) is 8.72. The largest absolute Gasteiger partial charge is 0.271 e. The number of hydrazine groups is 1. The van der Waals surface area contributed by atoms with Gasteiger partial charge in [0.25, 0.3) is 0 Å². The second-order valence-corrected chi connectivity index (χ2v) is 7.08. The maximum atomic E-state index is 13.9. The zero-order valence-electron chi connectivity index (χ0n) is 9.86. The van der Waals surface area contributed by atoms with Crippen LogP contribution in [-0.4, -0.2) is 28.6 Å². The van der Waals surface area contributed by atoms with Gasteiger partial charge in [-0.1, -0.05) is 23.7 Å². The molecule has 100 valence electrons. The van der Waals surface area contributed by atoms with Gasteiger partial charge in [-0.3, -0.25) is 11.3 Å². The van der Waals surface area contributed by atoms with Gasteiger partial charge < -0.3 is 0 Å². The lowest BCUT2D eigenvalue weighted by molar-refractivity contribution is 0.507. The molecule has 1 fully saturated rings. The van der Waals surface area contributed by atoms with Crippen LogP contribution in [0, 0.1) is 5.82 Å². The van der Waals surface area contributed by atoms with Gasteiger partial charge in [0, 0.05) is 28.6 Å². The highest BCUT2D eigenvalue weighted by Gasteiger charge is 2.25. The number of rotatable bonds is 4. The van der Waals surface area contributed by atoms with Crippen molar-refractivity contribution in [1.82, 2.24) is 5.43 Å². The van der Waals surface area contributed by atoms with E-state index in [0.29, 0.717) is 17.2 Å². The molecule has 6 heteroatoms. The molecule has 0 aliphatic carbocycles. The molecule has 1 aliphatic heterocycles. The summed E-state index contributed by atoms with van der Waals surface area (Å²) in [6, 6.07) is 5.19. The second kappa shape index (κ2) is 7.01. The summed E-state index contributed by atoms with van der Waals surface area (Å²) >= 11 is 9.63. The van der Waals surface area contributed by atoms with Gasteiger partial charge in [0.05, 0.1) is 5.02 Å². The fourth-order valence-corrected chi connectivity index (χ4v) is 5.04. The third-order valence-corrected chi connectivity index (χ3v) is 6.19. The van der Waals surface area contributed by atoms with Crippen molar-refractivity contribution in [2.45, 2.75) is 17.7 Å². The molecule has 0 spiro atoms. The van der Waals surface area contributed by atoms with E-state index in [4.69, 9.17) is 17.4 Å². The average Bonchev–Trinajstić information content (AvgIpc) is 2.41. The lowest BCUT2D eigenvalue weighted by Crippen LogP contribution is -2.46. The third kappa shape index (κ3) is 3.54. The van der Waals surface area contributed by atoms with Crippen LogP contribution in [0.25, 0.3) is 0 Å². The maximum absolute atomic E-state index is 13.9. The van der Waals surface area contributed by atoms with E-state index in [2.05, 4.69) is 5.43 Å². The fourth-order valence-electron chi connectivity index (χ4n) is 1.98. The smallest absolute Gasteiger partial charge is 0.145 e. The van der Waals surface area contributed by atoms with Crippen molar-refractivity contribution in [2.24, 2.45) is 5.84 Å². The fraction of sp³-hybridized carbons (Fsp3) is 0.500. The van der Waals surface area contributed by atoms with Crippen molar-refractivity contribution in [3.05, 3.63) is 34.6 Å². The highest BCUT2D eigenvalue weighted by molar-refractivity contribution is 8.06. The summed E-state index contributed by atoms with van der Waals surface area (Å²) < 4.78 is 13.9. The molecule has 2 nitrogen and oxygen atoms in total. The van der Waals surface area contributed by atoms with Crippen molar-refractivity contribution in [2.75, 3.05) is 17.3 Å². The van der Waals surface area contributed by atoms with Crippen molar-refractivity contribution < 1.29 is 4.39 Å². The molecule has 0 bridgehead atoms. The molecule has 3 N–H and O–H groups in total. The minimum atomic E-state index is -0.326. The van der Waals surface area contributed by atoms with Crippen LogP contribution in [0.4, 0.5) is 4.39 Å². The Kier molecular flexibility index (Phi) is 5.63. The molecule has 1 aromatic carbocycles. The van der Waals surface area contributed by atoms with Crippen LogP contribution in [0.3, 0.4) is 0 Å². The number of hydrogen-bond acceptors (Lipinski definition) is 4. The summed E-state index contributed by atoms with van der Waals surface area (Å²) in [5.74, 6) is 8.66. The topological polar surface area (TPSA) is 38.0 Å². The standard InChI is InChI=1S/C12H16ClFN2S2/c13-9-3-1-2-8(12(9)14)6-10(16-15)11-7-17-4-5-18-11/h1-3,10-11,16H,4-7,15H2. The first-order valence-electron chi connectivity index (χ1n) is 5.80. The van der Waals surface area contributed by atoms with Gasteiger partial charge >= 0.3 is 0 Å². The van der Waals surface area contributed by atoms with E-state index in [1.54, 1.807) is 18.2 Å². The van der Waals surface area contributed by atoms with Gasteiger partial charge in [-0.15, -0.1) is 0 Å². The van der Waals surface area contributed by atoms with Gasteiger partial charge in [-0.25, -0.2) is 4.39 Å². The van der Waals surface area contributed by atoms with Crippen molar-refractivity contribution in [3.63, 3.8) is 0 Å². The summed E-state index contributed by atoms with van der Waals surface area (Å²) in [4.78, 5) is 0. The highest BCUT2D eigenvalue weighted by Crippen LogP contribution is 2.28. The van der Waals surface area contributed by atoms with Crippen LogP contribution < -0.4 is 11.3 Å². The number of halogens is 2. The predicted octanol–water partition coefficient (Wildman–Crippen LogP) is 2.70. The third-order valence-electron chi connectivity index (χ3n) is 2.98. The molecule has 2 rings (SSSR count). The Morgan fingerprint density at radius 1 is 1.50 bits per heavy atom. The number of nitrogens with two attached hydrogens (primary N) is 1. The van der Waals surface area contributed by atoms with E-state index in [9.17, 15) is 4.39 Å². The number of hydrogen-bond donors (Lipinski definition) is 2. The van der Waals surface area contributed by atoms with E-state index in [1.807, 2.05) is 23.5 Å². The van der Waals surface area contributed by atoms with E-state index >= 15 is 0 Å². The number of benzene rings is 1. The molecule has 0 amide bonds. The minimum absolute atomic E-state index is 0.0794. The Bertz CT molecular complexity index is 400. The summed E-state index contributed by atoms with van der Waals surface area (Å²) in [5.41, 5.74) is 3.45. The Morgan fingerprint density at radius 2 is 2.33 bits per heavy atom. The molecule has 0 saturated carbocycles. The van der Waals surface area contributed by atoms with E-state index in [1.165, 1.54) is 5.75 Å². The minimum Gasteiger partial charge on any atom is -0.271 e. The van der Waals surface area contributed by atoms with E-state index in [-0.39, 0.29) is 16.9 Å². The molecule has 1 heterocycles.